The highest BCUT2D eigenvalue weighted by atomic mass is 32.1. The first-order valence-corrected chi connectivity index (χ1v) is 12.5. The molecule has 3 atom stereocenters. The Labute approximate surface area is 199 Å². The molecule has 7 heteroatoms. The summed E-state index contributed by atoms with van der Waals surface area (Å²) >= 11 is 5.80. The number of carbonyl (C=O) groups is 1. The lowest BCUT2D eigenvalue weighted by molar-refractivity contribution is 0.0570. The van der Waals surface area contributed by atoms with Crippen molar-refractivity contribution in [3.63, 3.8) is 0 Å². The molecule has 2 bridgehead atoms. The van der Waals surface area contributed by atoms with Crippen LogP contribution in [0.1, 0.15) is 42.7 Å². The minimum absolute atomic E-state index is 0.0283. The SMILES string of the molecule is COc1cccc2cc(C(=O)N3CCC4(CC3)CCN(C(=S)NC3C[C@H]5C=C[C@@H]3C5)C4)oc12. The van der Waals surface area contributed by atoms with Gasteiger partial charge in [-0.15, -0.1) is 0 Å². The molecule has 2 aliphatic carbocycles. The van der Waals surface area contributed by atoms with Gasteiger partial charge < -0.3 is 24.3 Å². The van der Waals surface area contributed by atoms with Gasteiger partial charge in [0.2, 0.25) is 0 Å². The van der Waals surface area contributed by atoms with Crippen LogP contribution in [0.4, 0.5) is 0 Å². The summed E-state index contributed by atoms with van der Waals surface area (Å²) in [6.45, 7) is 3.54. The van der Waals surface area contributed by atoms with Crippen molar-refractivity contribution in [1.29, 1.82) is 0 Å². The molecule has 0 radical (unpaired) electrons. The van der Waals surface area contributed by atoms with Crippen LogP contribution in [0, 0.1) is 17.3 Å². The van der Waals surface area contributed by atoms with E-state index in [4.69, 9.17) is 21.4 Å². The van der Waals surface area contributed by atoms with E-state index >= 15 is 0 Å². The third-order valence-electron chi connectivity index (χ3n) is 8.36. The van der Waals surface area contributed by atoms with E-state index in [1.165, 1.54) is 12.8 Å². The lowest BCUT2D eigenvalue weighted by Crippen LogP contribution is -2.47. The van der Waals surface area contributed by atoms with Crippen molar-refractivity contribution in [2.75, 3.05) is 33.3 Å². The molecule has 1 aromatic carbocycles. The van der Waals surface area contributed by atoms with Crippen LogP contribution in [-0.2, 0) is 0 Å². The number of hydrogen-bond acceptors (Lipinski definition) is 4. The monoisotopic (exact) mass is 465 g/mol. The summed E-state index contributed by atoms with van der Waals surface area (Å²) in [5, 5.41) is 5.48. The van der Waals surface area contributed by atoms with Crippen molar-refractivity contribution < 1.29 is 13.9 Å². The van der Waals surface area contributed by atoms with Crippen molar-refractivity contribution in [3.8, 4) is 5.75 Å². The minimum Gasteiger partial charge on any atom is -0.493 e. The van der Waals surface area contributed by atoms with Gasteiger partial charge in [-0.05, 0) is 73.7 Å². The van der Waals surface area contributed by atoms with E-state index in [-0.39, 0.29) is 11.3 Å². The van der Waals surface area contributed by atoms with Gasteiger partial charge in [0.25, 0.3) is 5.91 Å². The first-order valence-electron chi connectivity index (χ1n) is 12.1. The maximum Gasteiger partial charge on any atom is 0.289 e. The topological polar surface area (TPSA) is 58.0 Å². The van der Waals surface area contributed by atoms with Gasteiger partial charge in [0.1, 0.15) is 0 Å². The lowest BCUT2D eigenvalue weighted by atomic mass is 9.78. The van der Waals surface area contributed by atoms with E-state index in [2.05, 4.69) is 22.4 Å². The third kappa shape index (κ3) is 3.70. The van der Waals surface area contributed by atoms with E-state index in [1.807, 2.05) is 29.2 Å². The first-order chi connectivity index (χ1) is 16.0. The van der Waals surface area contributed by atoms with Gasteiger partial charge in [0.15, 0.2) is 22.2 Å². The third-order valence-corrected chi connectivity index (χ3v) is 8.74. The maximum atomic E-state index is 13.1. The van der Waals surface area contributed by atoms with E-state index in [0.29, 0.717) is 29.1 Å². The number of piperidine rings is 1. The molecule has 174 valence electrons. The molecule has 1 N–H and O–H groups in total. The van der Waals surface area contributed by atoms with E-state index in [1.54, 1.807) is 7.11 Å². The zero-order valence-electron chi connectivity index (χ0n) is 19.1. The summed E-state index contributed by atoms with van der Waals surface area (Å²) in [4.78, 5) is 17.5. The Hall–Kier alpha value is -2.54. The van der Waals surface area contributed by atoms with Crippen molar-refractivity contribution >= 4 is 34.2 Å². The van der Waals surface area contributed by atoms with Crippen molar-refractivity contribution in [2.24, 2.45) is 17.3 Å². The highest BCUT2D eigenvalue weighted by molar-refractivity contribution is 7.80. The van der Waals surface area contributed by atoms with Crippen LogP contribution in [0.3, 0.4) is 0 Å². The van der Waals surface area contributed by atoms with Crippen LogP contribution in [0.2, 0.25) is 0 Å². The molecule has 1 aromatic heterocycles. The molecule has 1 saturated carbocycles. The normalized spacial score (nSPS) is 27.6. The fourth-order valence-electron chi connectivity index (χ4n) is 6.36. The van der Waals surface area contributed by atoms with Gasteiger partial charge in [0.05, 0.1) is 7.11 Å². The largest absolute Gasteiger partial charge is 0.493 e. The zero-order chi connectivity index (χ0) is 22.6. The van der Waals surface area contributed by atoms with Crippen LogP contribution >= 0.6 is 12.2 Å². The number of benzene rings is 1. The summed E-state index contributed by atoms with van der Waals surface area (Å²) in [5.41, 5.74) is 0.893. The number of para-hydroxylation sites is 1. The molecule has 2 saturated heterocycles. The van der Waals surface area contributed by atoms with Crippen LogP contribution in [0.5, 0.6) is 5.75 Å². The number of allylic oxidation sites excluding steroid dienone is 1. The van der Waals surface area contributed by atoms with E-state index in [9.17, 15) is 4.79 Å². The Kier molecular flexibility index (Phi) is 5.13. The Morgan fingerprint density at radius 1 is 1.15 bits per heavy atom. The number of thiocarbonyl (C=S) groups is 1. The summed E-state index contributed by atoms with van der Waals surface area (Å²) < 4.78 is 11.3. The maximum absolute atomic E-state index is 13.1. The van der Waals surface area contributed by atoms with Gasteiger partial charge in [-0.3, -0.25) is 4.79 Å². The molecule has 4 aliphatic rings. The molecular formula is C26H31N3O3S. The van der Waals surface area contributed by atoms with Gasteiger partial charge in [0, 0.05) is 37.6 Å². The first kappa shape index (κ1) is 21.0. The van der Waals surface area contributed by atoms with Gasteiger partial charge in [-0.25, -0.2) is 0 Å². The van der Waals surface area contributed by atoms with Crippen LogP contribution in [0.15, 0.2) is 40.8 Å². The quantitative estimate of drug-likeness (QED) is 0.541. The molecular weight excluding hydrogens is 434 g/mol. The van der Waals surface area contributed by atoms with Crippen LogP contribution < -0.4 is 10.1 Å². The molecule has 2 aromatic rings. The highest BCUT2D eigenvalue weighted by Crippen LogP contribution is 2.42. The molecule has 1 unspecified atom stereocenters. The molecule has 6 nitrogen and oxygen atoms in total. The number of carbonyl (C=O) groups excluding carboxylic acids is 1. The van der Waals surface area contributed by atoms with Crippen molar-refractivity contribution in [3.05, 3.63) is 42.2 Å². The summed E-state index contributed by atoms with van der Waals surface area (Å²) in [5.74, 6) is 2.41. The Balaban J connectivity index is 1.06. The molecule has 33 heavy (non-hydrogen) atoms. The lowest BCUT2D eigenvalue weighted by Gasteiger charge is -2.39. The Morgan fingerprint density at radius 2 is 1.94 bits per heavy atom. The number of hydrogen-bond donors (Lipinski definition) is 1. The van der Waals surface area contributed by atoms with Gasteiger partial charge >= 0.3 is 0 Å². The number of likely N-dealkylation sites (tertiary alicyclic amines) is 2. The molecule has 3 fully saturated rings. The molecule has 2 aliphatic heterocycles. The number of furan rings is 1. The number of rotatable bonds is 3. The fraction of sp³-hybridized carbons (Fsp3) is 0.538. The summed E-state index contributed by atoms with van der Waals surface area (Å²) in [6, 6.07) is 8.04. The second kappa shape index (κ2) is 8.05. The van der Waals surface area contributed by atoms with Crippen molar-refractivity contribution in [1.82, 2.24) is 15.1 Å². The average Bonchev–Trinajstić information content (AvgIpc) is 3.62. The smallest absolute Gasteiger partial charge is 0.289 e. The van der Waals surface area contributed by atoms with E-state index in [0.717, 1.165) is 61.9 Å². The van der Waals surface area contributed by atoms with E-state index < -0.39 is 0 Å². The van der Waals surface area contributed by atoms with Crippen LogP contribution in [-0.4, -0.2) is 60.2 Å². The fourth-order valence-corrected chi connectivity index (χ4v) is 6.66. The average molecular weight is 466 g/mol. The van der Waals surface area contributed by atoms with Gasteiger partial charge in [-0.2, -0.15) is 0 Å². The predicted octanol–water partition coefficient (Wildman–Crippen LogP) is 4.21. The number of methoxy groups -OCH3 is 1. The van der Waals surface area contributed by atoms with Gasteiger partial charge in [-0.1, -0.05) is 24.3 Å². The summed E-state index contributed by atoms with van der Waals surface area (Å²) in [6.07, 6.45) is 10.4. The highest BCUT2D eigenvalue weighted by Gasteiger charge is 2.43. The minimum atomic E-state index is -0.0283. The Morgan fingerprint density at radius 3 is 2.64 bits per heavy atom. The number of amides is 1. The predicted molar refractivity (Wildman–Crippen MR) is 131 cm³/mol. The van der Waals surface area contributed by atoms with Crippen LogP contribution in [0.25, 0.3) is 11.0 Å². The van der Waals surface area contributed by atoms with Crippen molar-refractivity contribution in [2.45, 2.75) is 38.1 Å². The molecule has 1 spiro atoms. The summed E-state index contributed by atoms with van der Waals surface area (Å²) in [7, 11) is 1.61. The molecule has 3 heterocycles. The second-order valence-electron chi connectivity index (χ2n) is 10.3. The number of ether oxygens (including phenoxy) is 1. The number of fused-ring (bicyclic) bond motifs is 3. The second-order valence-corrected chi connectivity index (χ2v) is 10.7. The zero-order valence-corrected chi connectivity index (χ0v) is 19.9. The number of nitrogens with zero attached hydrogens (tertiary/aromatic N) is 2. The molecule has 1 amide bonds. The standard InChI is InChI=1S/C26H31N3O3S/c1-31-21-4-2-3-19-15-22(32-23(19)21)24(30)28-10-7-26(8-11-28)9-12-29(16-26)25(33)27-20-14-17-5-6-18(20)13-17/h2-6,15,17-18,20H,7-14,16H2,1H3,(H,27,33)/t17-,18+,20?/m0/s1. The number of nitrogens with one attached hydrogen (secondary N) is 1. The Bertz CT molecular complexity index is 1120. The molecule has 6 rings (SSSR count).